The van der Waals surface area contributed by atoms with Crippen molar-refractivity contribution in [2.75, 3.05) is 20.8 Å². The molecule has 0 saturated carbocycles. The molecule has 0 fully saturated rings. The monoisotopic (exact) mass is 285 g/mol. The molecule has 1 aromatic rings. The van der Waals surface area contributed by atoms with Crippen LogP contribution >= 0.6 is 0 Å². The van der Waals surface area contributed by atoms with Gasteiger partial charge < -0.3 is 30.1 Å². The fourth-order valence-corrected chi connectivity index (χ4v) is 1.72. The van der Waals surface area contributed by atoms with Crippen molar-refractivity contribution in [2.24, 2.45) is 0 Å². The molecule has 0 bridgehead atoms. The molecular formula is C13H19NO6. The number of nitrogens with one attached hydrogen (secondary N) is 1. The average Bonchev–Trinajstić information content (AvgIpc) is 2.42. The van der Waals surface area contributed by atoms with Crippen molar-refractivity contribution < 1.29 is 29.6 Å². The fraction of sp³-hybridized carbons (Fsp3) is 0.462. The number of carbonyl (C=O) groups excluding carboxylic acids is 1. The van der Waals surface area contributed by atoms with Crippen LogP contribution in [0.1, 0.15) is 18.6 Å². The van der Waals surface area contributed by atoms with Crippen molar-refractivity contribution >= 4 is 5.91 Å². The largest absolute Gasteiger partial charge is 0.507 e. The molecular weight excluding hydrogens is 266 g/mol. The number of rotatable bonds is 6. The smallest absolute Gasteiger partial charge is 0.216 e. The molecule has 0 heterocycles. The molecule has 0 spiro atoms. The maximum absolute atomic E-state index is 10.8. The lowest BCUT2D eigenvalue weighted by molar-refractivity contribution is -0.119. The van der Waals surface area contributed by atoms with Crippen LogP contribution in [0, 0.1) is 0 Å². The number of hydrogen-bond acceptors (Lipinski definition) is 6. The highest BCUT2D eigenvalue weighted by atomic mass is 16.5. The van der Waals surface area contributed by atoms with Gasteiger partial charge in [-0.25, -0.2) is 0 Å². The number of carbonyl (C=O) groups is 1. The third kappa shape index (κ3) is 3.75. The molecule has 0 saturated heterocycles. The van der Waals surface area contributed by atoms with Crippen molar-refractivity contribution in [1.82, 2.24) is 5.32 Å². The van der Waals surface area contributed by atoms with Gasteiger partial charge in [0.15, 0.2) is 0 Å². The molecule has 7 heteroatoms. The summed E-state index contributed by atoms with van der Waals surface area (Å²) in [6.45, 7) is 1.15. The normalized spacial score (nSPS) is 13.4. The number of ether oxygens (including phenoxy) is 2. The Balaban J connectivity index is 3.02. The van der Waals surface area contributed by atoms with E-state index in [0.29, 0.717) is 5.75 Å². The molecule has 0 aliphatic rings. The summed E-state index contributed by atoms with van der Waals surface area (Å²) in [5, 5.41) is 32.2. The van der Waals surface area contributed by atoms with E-state index in [2.05, 4.69) is 5.32 Å². The number of hydrogen-bond donors (Lipinski definition) is 4. The second-order valence-corrected chi connectivity index (χ2v) is 4.21. The molecule has 7 nitrogen and oxygen atoms in total. The molecule has 4 N–H and O–H groups in total. The van der Waals surface area contributed by atoms with Crippen molar-refractivity contribution in [2.45, 2.75) is 19.1 Å². The third-order valence-corrected chi connectivity index (χ3v) is 2.77. The van der Waals surface area contributed by atoms with Crippen molar-refractivity contribution in [1.29, 1.82) is 0 Å². The zero-order valence-corrected chi connectivity index (χ0v) is 11.6. The minimum atomic E-state index is -1.41. The Kier molecular flexibility index (Phi) is 5.60. The number of phenolic OH excluding ortho intramolecular Hbond substituents is 1. The van der Waals surface area contributed by atoms with E-state index in [1.165, 1.54) is 33.3 Å². The Bertz CT molecular complexity index is 476. The minimum Gasteiger partial charge on any atom is -0.507 e. The molecule has 0 aliphatic carbocycles. The Morgan fingerprint density at radius 3 is 2.45 bits per heavy atom. The van der Waals surface area contributed by atoms with Crippen LogP contribution in [0.4, 0.5) is 0 Å². The van der Waals surface area contributed by atoms with E-state index in [1.807, 2.05) is 0 Å². The molecule has 2 unspecified atom stereocenters. The van der Waals surface area contributed by atoms with Gasteiger partial charge in [-0.1, -0.05) is 0 Å². The molecule has 0 aliphatic heterocycles. The minimum absolute atomic E-state index is 0.0335. The van der Waals surface area contributed by atoms with Crippen molar-refractivity contribution in [3.8, 4) is 17.2 Å². The van der Waals surface area contributed by atoms with Crippen LogP contribution in [0.2, 0.25) is 0 Å². The molecule has 1 rings (SSSR count). The van der Waals surface area contributed by atoms with Gasteiger partial charge >= 0.3 is 0 Å². The number of aromatic hydroxyl groups is 1. The summed E-state index contributed by atoms with van der Waals surface area (Å²) in [6.07, 6.45) is -2.70. The molecule has 20 heavy (non-hydrogen) atoms. The Labute approximate surface area is 116 Å². The average molecular weight is 285 g/mol. The first kappa shape index (κ1) is 16.1. The van der Waals surface area contributed by atoms with E-state index in [9.17, 15) is 20.1 Å². The van der Waals surface area contributed by atoms with E-state index >= 15 is 0 Å². The number of amides is 1. The standard InChI is InChI=1S/C13H19NO6/c1-7(15)14-6-10(17)13(18)12-9(16)4-8(19-2)5-11(12)20-3/h4-5,10,13,16-18H,6H2,1-3H3,(H,14,15). The lowest BCUT2D eigenvalue weighted by Gasteiger charge is -2.21. The zero-order valence-electron chi connectivity index (χ0n) is 11.6. The summed E-state index contributed by atoms with van der Waals surface area (Å²) in [7, 11) is 2.79. The lowest BCUT2D eigenvalue weighted by Crippen LogP contribution is -2.34. The van der Waals surface area contributed by atoms with Gasteiger partial charge in [-0.3, -0.25) is 4.79 Å². The quantitative estimate of drug-likeness (QED) is 0.583. The first-order valence-corrected chi connectivity index (χ1v) is 5.96. The number of benzene rings is 1. The molecule has 0 aromatic heterocycles. The highest BCUT2D eigenvalue weighted by molar-refractivity contribution is 5.72. The Hall–Kier alpha value is -1.99. The molecule has 1 amide bonds. The van der Waals surface area contributed by atoms with Crippen LogP contribution < -0.4 is 14.8 Å². The van der Waals surface area contributed by atoms with E-state index < -0.39 is 12.2 Å². The van der Waals surface area contributed by atoms with Gasteiger partial charge in [0.05, 0.1) is 19.8 Å². The van der Waals surface area contributed by atoms with Crippen molar-refractivity contribution in [3.63, 3.8) is 0 Å². The number of aliphatic hydroxyl groups excluding tert-OH is 2. The SMILES string of the molecule is COc1cc(O)c(C(O)C(O)CNC(C)=O)c(OC)c1. The second kappa shape index (κ2) is 6.97. The summed E-state index contributed by atoms with van der Waals surface area (Å²) in [6, 6.07) is 2.77. The van der Waals surface area contributed by atoms with E-state index in [4.69, 9.17) is 9.47 Å². The number of aliphatic hydroxyl groups is 2. The van der Waals surface area contributed by atoms with Gasteiger partial charge in [0.1, 0.15) is 29.5 Å². The molecule has 2 atom stereocenters. The maximum atomic E-state index is 10.8. The predicted octanol–water partition coefficient (Wildman–Crippen LogP) is -0.0602. The second-order valence-electron chi connectivity index (χ2n) is 4.21. The number of methoxy groups -OCH3 is 2. The van der Waals surface area contributed by atoms with Crippen LogP contribution in [0.15, 0.2) is 12.1 Å². The zero-order chi connectivity index (χ0) is 15.3. The fourth-order valence-electron chi connectivity index (χ4n) is 1.72. The maximum Gasteiger partial charge on any atom is 0.216 e. The van der Waals surface area contributed by atoms with Crippen LogP contribution in [-0.4, -0.2) is 48.1 Å². The molecule has 112 valence electrons. The van der Waals surface area contributed by atoms with Gasteiger partial charge in [-0.2, -0.15) is 0 Å². The van der Waals surface area contributed by atoms with Crippen LogP contribution in [0.25, 0.3) is 0 Å². The van der Waals surface area contributed by atoms with Gasteiger partial charge in [-0.05, 0) is 0 Å². The number of phenols is 1. The first-order chi connectivity index (χ1) is 9.40. The van der Waals surface area contributed by atoms with Gasteiger partial charge in [-0.15, -0.1) is 0 Å². The summed E-state index contributed by atoms with van der Waals surface area (Å²) < 4.78 is 10.0. The summed E-state index contributed by atoms with van der Waals surface area (Å²) in [5.41, 5.74) is 0.0335. The van der Waals surface area contributed by atoms with E-state index in [1.54, 1.807) is 0 Å². The van der Waals surface area contributed by atoms with E-state index in [0.717, 1.165) is 0 Å². The highest BCUT2D eigenvalue weighted by Crippen LogP contribution is 2.38. The van der Waals surface area contributed by atoms with Gasteiger partial charge in [0.25, 0.3) is 0 Å². The van der Waals surface area contributed by atoms with Crippen LogP contribution in [-0.2, 0) is 4.79 Å². The van der Waals surface area contributed by atoms with Gasteiger partial charge in [0.2, 0.25) is 5.91 Å². The van der Waals surface area contributed by atoms with Crippen LogP contribution in [0.3, 0.4) is 0 Å². The van der Waals surface area contributed by atoms with Gasteiger partial charge in [0, 0.05) is 25.6 Å². The first-order valence-electron chi connectivity index (χ1n) is 5.96. The topological polar surface area (TPSA) is 108 Å². The summed E-state index contributed by atoms with van der Waals surface area (Å²) in [5.74, 6) is -0.0689. The Morgan fingerprint density at radius 1 is 1.30 bits per heavy atom. The third-order valence-electron chi connectivity index (χ3n) is 2.77. The van der Waals surface area contributed by atoms with Crippen LogP contribution in [0.5, 0.6) is 17.2 Å². The molecule has 1 aromatic carbocycles. The lowest BCUT2D eigenvalue weighted by atomic mass is 10.0. The van der Waals surface area contributed by atoms with E-state index in [-0.39, 0.29) is 29.5 Å². The Morgan fingerprint density at radius 2 is 1.95 bits per heavy atom. The summed E-state index contributed by atoms with van der Waals surface area (Å²) in [4.78, 5) is 10.8. The summed E-state index contributed by atoms with van der Waals surface area (Å²) >= 11 is 0. The predicted molar refractivity (Wildman–Crippen MR) is 70.9 cm³/mol. The van der Waals surface area contributed by atoms with Crippen molar-refractivity contribution in [3.05, 3.63) is 17.7 Å². The highest BCUT2D eigenvalue weighted by Gasteiger charge is 2.26. The molecule has 0 radical (unpaired) electrons.